The quantitative estimate of drug-likeness (QED) is 0.488. The molecule has 3 aliphatic rings. The van der Waals surface area contributed by atoms with Gasteiger partial charge in [0.15, 0.2) is 0 Å². The van der Waals surface area contributed by atoms with Gasteiger partial charge in [-0.1, -0.05) is 27.4 Å². The van der Waals surface area contributed by atoms with Crippen LogP contribution >= 0.6 is 0 Å². The molecule has 0 bridgehead atoms. The summed E-state index contributed by atoms with van der Waals surface area (Å²) in [5.41, 5.74) is -4.80. The van der Waals surface area contributed by atoms with Crippen molar-refractivity contribution in [2.75, 3.05) is 0 Å². The highest BCUT2D eigenvalue weighted by Crippen LogP contribution is 2.73. The third-order valence-electron chi connectivity index (χ3n) is 6.19. The highest BCUT2D eigenvalue weighted by atomic mass is 16.4. The maximum atomic E-state index is 11.2. The minimum Gasteiger partial charge on any atom is -0.389 e. The summed E-state index contributed by atoms with van der Waals surface area (Å²) < 4.78 is 0. The lowest BCUT2D eigenvalue weighted by Crippen LogP contribution is -2.56. The highest BCUT2D eigenvalue weighted by Gasteiger charge is 2.81. The van der Waals surface area contributed by atoms with Gasteiger partial charge in [0.05, 0.1) is 22.7 Å². The molecule has 5 atom stereocenters. The molecule has 4 N–H and O–H groups in total. The SMILES string of the molecule is C=C1[C@H](O)C[C@]2(O)C[C@]3(O)CC(C)(C)C[C@]3(O)[C@]12C. The number of hydrogen-bond donors (Lipinski definition) is 4. The van der Waals surface area contributed by atoms with E-state index in [0.29, 0.717) is 18.4 Å². The van der Waals surface area contributed by atoms with Crippen LogP contribution in [0.25, 0.3) is 0 Å². The Kier molecular flexibility index (Phi) is 2.20. The van der Waals surface area contributed by atoms with E-state index in [1.54, 1.807) is 6.92 Å². The van der Waals surface area contributed by atoms with Gasteiger partial charge in [-0.15, -0.1) is 0 Å². The van der Waals surface area contributed by atoms with Gasteiger partial charge in [-0.2, -0.15) is 0 Å². The Bertz CT molecular complexity index is 473. The average Bonchev–Trinajstić information content (AvgIpc) is 2.54. The van der Waals surface area contributed by atoms with Crippen molar-refractivity contribution in [3.63, 3.8) is 0 Å². The monoisotopic (exact) mass is 268 g/mol. The third-order valence-corrected chi connectivity index (χ3v) is 6.19. The average molecular weight is 268 g/mol. The molecular weight excluding hydrogens is 244 g/mol. The van der Waals surface area contributed by atoms with E-state index in [0.717, 1.165) is 0 Å². The first kappa shape index (κ1) is 13.6. The number of hydrogen-bond acceptors (Lipinski definition) is 4. The number of rotatable bonds is 0. The predicted octanol–water partition coefficient (Wildman–Crippen LogP) is 0.730. The first-order valence-electron chi connectivity index (χ1n) is 6.95. The molecule has 3 aliphatic carbocycles. The number of aliphatic hydroxyl groups excluding tert-OH is 1. The molecule has 0 heterocycles. The van der Waals surface area contributed by atoms with Crippen LogP contribution in [0.1, 0.15) is 46.5 Å². The Morgan fingerprint density at radius 2 is 1.58 bits per heavy atom. The Hall–Kier alpha value is -0.420. The van der Waals surface area contributed by atoms with E-state index in [4.69, 9.17) is 0 Å². The largest absolute Gasteiger partial charge is 0.389 e. The molecule has 3 fully saturated rings. The second kappa shape index (κ2) is 3.08. The minimum absolute atomic E-state index is 0.104. The van der Waals surface area contributed by atoms with E-state index >= 15 is 0 Å². The molecule has 108 valence electrons. The summed E-state index contributed by atoms with van der Waals surface area (Å²) >= 11 is 0. The molecule has 0 radical (unpaired) electrons. The molecule has 3 rings (SSSR count). The van der Waals surface area contributed by atoms with Crippen molar-refractivity contribution < 1.29 is 20.4 Å². The second-order valence-electron chi connectivity index (χ2n) is 7.99. The smallest absolute Gasteiger partial charge is 0.106 e. The van der Waals surface area contributed by atoms with Gasteiger partial charge in [0.25, 0.3) is 0 Å². The van der Waals surface area contributed by atoms with E-state index in [1.165, 1.54) is 0 Å². The second-order valence-corrected chi connectivity index (χ2v) is 7.99. The third kappa shape index (κ3) is 1.20. The summed E-state index contributed by atoms with van der Waals surface area (Å²) in [6.07, 6.45) is 0.297. The van der Waals surface area contributed by atoms with Gasteiger partial charge in [0.2, 0.25) is 0 Å². The predicted molar refractivity (Wildman–Crippen MR) is 70.4 cm³/mol. The van der Waals surface area contributed by atoms with E-state index in [2.05, 4.69) is 6.58 Å². The number of fused-ring (bicyclic) bond motifs is 3. The van der Waals surface area contributed by atoms with Crippen LogP contribution < -0.4 is 0 Å². The maximum absolute atomic E-state index is 11.2. The summed E-state index contributed by atoms with van der Waals surface area (Å²) in [7, 11) is 0. The van der Waals surface area contributed by atoms with Gasteiger partial charge in [-0.3, -0.25) is 0 Å². The Morgan fingerprint density at radius 3 is 2.16 bits per heavy atom. The summed E-state index contributed by atoms with van der Waals surface area (Å²) in [5.74, 6) is 0. The fraction of sp³-hybridized carbons (Fsp3) is 0.867. The van der Waals surface area contributed by atoms with Crippen LogP contribution in [-0.2, 0) is 0 Å². The van der Waals surface area contributed by atoms with Crippen molar-refractivity contribution in [2.24, 2.45) is 10.8 Å². The Balaban J connectivity index is 2.19. The van der Waals surface area contributed by atoms with E-state index in [1.807, 2.05) is 13.8 Å². The molecule has 3 saturated carbocycles. The molecule has 0 saturated heterocycles. The molecule has 0 amide bonds. The van der Waals surface area contributed by atoms with Gasteiger partial charge >= 0.3 is 0 Å². The molecule has 0 aromatic rings. The summed E-state index contributed by atoms with van der Waals surface area (Å²) in [6, 6.07) is 0. The minimum atomic E-state index is -1.42. The lowest BCUT2D eigenvalue weighted by molar-refractivity contribution is -0.156. The zero-order chi connectivity index (χ0) is 14.5. The Labute approximate surface area is 113 Å². The van der Waals surface area contributed by atoms with Crippen LogP contribution in [0, 0.1) is 10.8 Å². The van der Waals surface area contributed by atoms with Crippen molar-refractivity contribution in [1.29, 1.82) is 0 Å². The first-order chi connectivity index (χ1) is 8.41. The van der Waals surface area contributed by atoms with Crippen molar-refractivity contribution in [3.05, 3.63) is 12.2 Å². The maximum Gasteiger partial charge on any atom is 0.106 e. The van der Waals surface area contributed by atoms with Gasteiger partial charge in [0, 0.05) is 12.8 Å². The van der Waals surface area contributed by atoms with Crippen LogP contribution in [0.5, 0.6) is 0 Å². The van der Waals surface area contributed by atoms with Crippen molar-refractivity contribution in [1.82, 2.24) is 0 Å². The molecular formula is C15H24O4. The molecule has 0 aliphatic heterocycles. The standard InChI is InChI=1S/C15H24O4/c1-9-10(16)5-13(17)8-14(18)6-11(2,3)7-15(14,19)12(9,13)4/h10,16-19H,1,5-8H2,2-4H3/t10-,12-,13+,14-,15+/m1/s1. The molecule has 0 spiro atoms. The van der Waals surface area contributed by atoms with E-state index in [-0.39, 0.29) is 18.3 Å². The molecule has 19 heavy (non-hydrogen) atoms. The fourth-order valence-electron chi connectivity index (χ4n) is 5.37. The van der Waals surface area contributed by atoms with Crippen molar-refractivity contribution in [3.8, 4) is 0 Å². The van der Waals surface area contributed by atoms with Crippen LogP contribution in [-0.4, -0.2) is 43.3 Å². The lowest BCUT2D eigenvalue weighted by atomic mass is 9.65. The number of aliphatic hydroxyl groups is 4. The molecule has 0 unspecified atom stereocenters. The zero-order valence-corrected chi connectivity index (χ0v) is 11.9. The van der Waals surface area contributed by atoms with Gasteiger partial charge in [-0.05, 0) is 23.8 Å². The Morgan fingerprint density at radius 1 is 1.00 bits per heavy atom. The topological polar surface area (TPSA) is 80.9 Å². The molecule has 0 aromatic carbocycles. The fourth-order valence-corrected chi connectivity index (χ4v) is 5.37. The summed E-state index contributed by atoms with van der Waals surface area (Å²) in [4.78, 5) is 0. The van der Waals surface area contributed by atoms with Crippen molar-refractivity contribution >= 4 is 0 Å². The van der Waals surface area contributed by atoms with Crippen LogP contribution in [0.2, 0.25) is 0 Å². The normalized spacial score (nSPS) is 59.3. The van der Waals surface area contributed by atoms with Crippen LogP contribution in [0.15, 0.2) is 12.2 Å². The zero-order valence-electron chi connectivity index (χ0n) is 11.9. The molecule has 4 nitrogen and oxygen atoms in total. The highest BCUT2D eigenvalue weighted by molar-refractivity contribution is 5.42. The van der Waals surface area contributed by atoms with E-state index in [9.17, 15) is 20.4 Å². The van der Waals surface area contributed by atoms with Gasteiger partial charge in [-0.25, -0.2) is 0 Å². The summed E-state index contributed by atoms with van der Waals surface area (Å²) in [5, 5.41) is 43.1. The first-order valence-corrected chi connectivity index (χ1v) is 6.95. The van der Waals surface area contributed by atoms with E-state index < -0.39 is 28.3 Å². The van der Waals surface area contributed by atoms with Crippen LogP contribution in [0.4, 0.5) is 0 Å². The van der Waals surface area contributed by atoms with Gasteiger partial charge in [0.1, 0.15) is 5.60 Å². The summed E-state index contributed by atoms with van der Waals surface area (Å²) in [6.45, 7) is 9.66. The lowest BCUT2D eigenvalue weighted by Gasteiger charge is -2.45. The van der Waals surface area contributed by atoms with Crippen molar-refractivity contribution in [2.45, 2.75) is 69.4 Å². The van der Waals surface area contributed by atoms with Crippen LogP contribution in [0.3, 0.4) is 0 Å². The molecule has 4 heteroatoms. The van der Waals surface area contributed by atoms with Gasteiger partial charge < -0.3 is 20.4 Å². The molecule has 0 aromatic heterocycles.